The molecule has 0 aromatic heterocycles. The summed E-state index contributed by atoms with van der Waals surface area (Å²) >= 11 is 0. The molecule has 0 unspecified atom stereocenters. The molecule has 1 aliphatic rings. The first-order valence-corrected chi connectivity index (χ1v) is 7.00. The van der Waals surface area contributed by atoms with Crippen LogP contribution < -0.4 is 5.73 Å². The van der Waals surface area contributed by atoms with Crippen molar-refractivity contribution in [2.75, 3.05) is 13.1 Å². The smallest absolute Gasteiger partial charge is 0.126 e. The molecule has 0 aliphatic carbocycles. The zero-order chi connectivity index (χ0) is 13.9. The summed E-state index contributed by atoms with van der Waals surface area (Å²) in [5.41, 5.74) is 8.23. The highest BCUT2D eigenvalue weighted by Gasteiger charge is 2.32. The van der Waals surface area contributed by atoms with Gasteiger partial charge in [0.15, 0.2) is 0 Å². The fraction of sp³-hybridized carbons (Fsp3) is 0.294. The second kappa shape index (κ2) is 5.73. The van der Waals surface area contributed by atoms with Crippen LogP contribution in [0.4, 0.5) is 4.39 Å². The summed E-state index contributed by atoms with van der Waals surface area (Å²) in [7, 11) is 0. The Kier molecular flexibility index (Phi) is 3.81. The maximum atomic E-state index is 13.9. The maximum Gasteiger partial charge on any atom is 0.126 e. The number of nitrogens with two attached hydrogens (primary N) is 1. The molecule has 0 spiro atoms. The van der Waals surface area contributed by atoms with E-state index in [0.717, 1.165) is 25.2 Å². The first-order chi connectivity index (χ1) is 9.74. The van der Waals surface area contributed by atoms with Crippen LogP contribution in [0, 0.1) is 5.82 Å². The molecule has 1 heterocycles. The molecule has 2 N–H and O–H groups in total. The van der Waals surface area contributed by atoms with Crippen LogP contribution in [0.15, 0.2) is 54.6 Å². The molecule has 104 valence electrons. The molecular weight excluding hydrogens is 251 g/mol. The molecule has 1 fully saturated rings. The predicted octanol–water partition coefficient (Wildman–Crippen LogP) is 2.75. The molecule has 3 rings (SSSR count). The number of halogens is 1. The van der Waals surface area contributed by atoms with E-state index in [4.69, 9.17) is 5.73 Å². The summed E-state index contributed by atoms with van der Waals surface area (Å²) in [5, 5.41) is 0. The molecule has 0 bridgehead atoms. The first-order valence-electron chi connectivity index (χ1n) is 7.00. The van der Waals surface area contributed by atoms with Gasteiger partial charge in [-0.2, -0.15) is 0 Å². The second-order valence-electron chi connectivity index (χ2n) is 5.47. The van der Waals surface area contributed by atoms with Crippen LogP contribution in [-0.2, 0) is 6.54 Å². The average Bonchev–Trinajstić information content (AvgIpc) is 2.81. The van der Waals surface area contributed by atoms with Crippen molar-refractivity contribution < 1.29 is 4.39 Å². The van der Waals surface area contributed by atoms with E-state index in [0.29, 0.717) is 0 Å². The van der Waals surface area contributed by atoms with Gasteiger partial charge in [-0.15, -0.1) is 0 Å². The van der Waals surface area contributed by atoms with E-state index in [1.54, 1.807) is 6.07 Å². The van der Waals surface area contributed by atoms with E-state index in [-0.39, 0.29) is 17.8 Å². The minimum Gasteiger partial charge on any atom is -0.326 e. The lowest BCUT2D eigenvalue weighted by Crippen LogP contribution is -2.29. The minimum absolute atomic E-state index is 0.00406. The molecule has 0 amide bonds. The van der Waals surface area contributed by atoms with Crippen molar-refractivity contribution in [2.45, 2.75) is 18.5 Å². The quantitative estimate of drug-likeness (QED) is 0.929. The van der Waals surface area contributed by atoms with Gasteiger partial charge >= 0.3 is 0 Å². The Morgan fingerprint density at radius 1 is 1.00 bits per heavy atom. The van der Waals surface area contributed by atoms with Gasteiger partial charge in [0.1, 0.15) is 5.82 Å². The van der Waals surface area contributed by atoms with Gasteiger partial charge in [0, 0.05) is 31.6 Å². The summed E-state index contributed by atoms with van der Waals surface area (Å²) < 4.78 is 13.9. The average molecular weight is 270 g/mol. The number of likely N-dealkylation sites (tertiary alicyclic amines) is 1. The van der Waals surface area contributed by atoms with E-state index in [9.17, 15) is 4.39 Å². The highest BCUT2D eigenvalue weighted by atomic mass is 19.1. The van der Waals surface area contributed by atoms with Crippen LogP contribution in [0.2, 0.25) is 0 Å². The Morgan fingerprint density at radius 2 is 1.70 bits per heavy atom. The molecule has 2 nitrogen and oxygen atoms in total. The Bertz CT molecular complexity index is 570. The van der Waals surface area contributed by atoms with Crippen LogP contribution in [-0.4, -0.2) is 24.0 Å². The van der Waals surface area contributed by atoms with Crippen molar-refractivity contribution >= 4 is 0 Å². The highest BCUT2D eigenvalue weighted by Crippen LogP contribution is 2.29. The summed E-state index contributed by atoms with van der Waals surface area (Å²) in [6.07, 6.45) is 0. The van der Waals surface area contributed by atoms with E-state index < -0.39 is 0 Å². The zero-order valence-corrected chi connectivity index (χ0v) is 11.4. The van der Waals surface area contributed by atoms with Crippen LogP contribution in [0.3, 0.4) is 0 Å². The summed E-state index contributed by atoms with van der Waals surface area (Å²) in [4.78, 5) is 2.30. The van der Waals surface area contributed by atoms with Crippen LogP contribution in [0.5, 0.6) is 0 Å². The molecule has 3 heteroatoms. The molecule has 0 radical (unpaired) electrons. The molecule has 2 aromatic carbocycles. The standard InChI is InChI=1S/C17H19FN2/c18-16-9-5-4-8-14(16)15-11-20(12-17(15)19)10-13-6-2-1-3-7-13/h1-9,15,17H,10-12,19H2/t15-,17+/m1/s1. The molecule has 2 aromatic rings. The van der Waals surface area contributed by atoms with Gasteiger partial charge in [-0.1, -0.05) is 48.5 Å². The Hall–Kier alpha value is -1.71. The largest absolute Gasteiger partial charge is 0.326 e. The van der Waals surface area contributed by atoms with E-state index >= 15 is 0 Å². The number of hydrogen-bond donors (Lipinski definition) is 1. The third-order valence-corrected chi connectivity index (χ3v) is 3.99. The normalized spacial score (nSPS) is 23.1. The van der Waals surface area contributed by atoms with Crippen molar-refractivity contribution in [3.05, 3.63) is 71.5 Å². The van der Waals surface area contributed by atoms with Crippen molar-refractivity contribution in [3.8, 4) is 0 Å². The van der Waals surface area contributed by atoms with Crippen LogP contribution in [0.1, 0.15) is 17.0 Å². The van der Waals surface area contributed by atoms with Crippen molar-refractivity contribution in [2.24, 2.45) is 5.73 Å². The number of hydrogen-bond acceptors (Lipinski definition) is 2. The topological polar surface area (TPSA) is 29.3 Å². The van der Waals surface area contributed by atoms with Crippen molar-refractivity contribution in [1.29, 1.82) is 0 Å². The Morgan fingerprint density at radius 3 is 2.45 bits per heavy atom. The third-order valence-electron chi connectivity index (χ3n) is 3.99. The molecular formula is C17H19FN2. The summed E-state index contributed by atoms with van der Waals surface area (Å²) in [5.74, 6) is -0.0607. The van der Waals surface area contributed by atoms with Crippen LogP contribution >= 0.6 is 0 Å². The zero-order valence-electron chi connectivity index (χ0n) is 11.4. The van der Waals surface area contributed by atoms with Gasteiger partial charge in [-0.05, 0) is 17.2 Å². The lowest BCUT2D eigenvalue weighted by molar-refractivity contribution is 0.323. The van der Waals surface area contributed by atoms with Crippen molar-refractivity contribution in [1.82, 2.24) is 4.90 Å². The van der Waals surface area contributed by atoms with E-state index in [1.165, 1.54) is 11.6 Å². The van der Waals surface area contributed by atoms with Gasteiger partial charge in [-0.3, -0.25) is 4.90 Å². The van der Waals surface area contributed by atoms with E-state index in [1.807, 2.05) is 30.3 Å². The highest BCUT2D eigenvalue weighted by molar-refractivity contribution is 5.26. The molecule has 0 saturated carbocycles. The van der Waals surface area contributed by atoms with Gasteiger partial charge < -0.3 is 5.73 Å². The molecule has 20 heavy (non-hydrogen) atoms. The maximum absolute atomic E-state index is 13.9. The van der Waals surface area contributed by atoms with Gasteiger partial charge in [0.25, 0.3) is 0 Å². The number of rotatable bonds is 3. The van der Waals surface area contributed by atoms with Crippen LogP contribution in [0.25, 0.3) is 0 Å². The number of benzene rings is 2. The predicted molar refractivity (Wildman–Crippen MR) is 78.8 cm³/mol. The second-order valence-corrected chi connectivity index (χ2v) is 5.47. The Balaban J connectivity index is 1.73. The Labute approximate surface area is 119 Å². The number of nitrogens with zero attached hydrogens (tertiary/aromatic N) is 1. The SMILES string of the molecule is N[C@H]1CN(Cc2ccccc2)C[C@@H]1c1ccccc1F. The lowest BCUT2D eigenvalue weighted by Gasteiger charge is -2.16. The van der Waals surface area contributed by atoms with Gasteiger partial charge in [0.2, 0.25) is 0 Å². The molecule has 2 atom stereocenters. The fourth-order valence-corrected chi connectivity index (χ4v) is 2.99. The first kappa shape index (κ1) is 13.3. The van der Waals surface area contributed by atoms with E-state index in [2.05, 4.69) is 17.0 Å². The van der Waals surface area contributed by atoms with Gasteiger partial charge in [-0.25, -0.2) is 4.39 Å². The molecule has 1 aliphatic heterocycles. The summed E-state index contributed by atoms with van der Waals surface area (Å²) in [6.45, 7) is 2.50. The molecule has 1 saturated heterocycles. The fourth-order valence-electron chi connectivity index (χ4n) is 2.99. The minimum atomic E-state index is -0.144. The lowest BCUT2D eigenvalue weighted by atomic mass is 9.94. The van der Waals surface area contributed by atoms with Crippen molar-refractivity contribution in [3.63, 3.8) is 0 Å². The monoisotopic (exact) mass is 270 g/mol. The third kappa shape index (κ3) is 2.74. The van der Waals surface area contributed by atoms with Gasteiger partial charge in [0.05, 0.1) is 0 Å². The summed E-state index contributed by atoms with van der Waals surface area (Å²) in [6, 6.07) is 17.3.